The Morgan fingerprint density at radius 3 is 2.57 bits per heavy atom. The zero-order valence-electron chi connectivity index (χ0n) is 13.0. The Labute approximate surface area is 127 Å². The van der Waals surface area contributed by atoms with E-state index in [4.69, 9.17) is 4.74 Å². The van der Waals surface area contributed by atoms with Crippen LogP contribution in [0.15, 0.2) is 48.5 Å². The van der Waals surface area contributed by atoms with E-state index in [1.54, 1.807) is 0 Å². The van der Waals surface area contributed by atoms with Crippen molar-refractivity contribution in [3.63, 3.8) is 0 Å². The third kappa shape index (κ3) is 2.96. The first-order valence-electron chi connectivity index (χ1n) is 7.69. The van der Waals surface area contributed by atoms with Gasteiger partial charge in [0.2, 0.25) is 0 Å². The van der Waals surface area contributed by atoms with Crippen LogP contribution in [0.5, 0.6) is 5.75 Å². The van der Waals surface area contributed by atoms with Gasteiger partial charge in [0.15, 0.2) is 0 Å². The van der Waals surface area contributed by atoms with Crippen molar-refractivity contribution in [1.29, 1.82) is 0 Å². The minimum absolute atomic E-state index is 0.323. The van der Waals surface area contributed by atoms with Crippen molar-refractivity contribution in [2.75, 3.05) is 6.61 Å². The number of rotatable bonds is 3. The molecular weight excluding hydrogens is 258 g/mol. The maximum atomic E-state index is 5.83. The first-order valence-corrected chi connectivity index (χ1v) is 7.69. The minimum Gasteiger partial charge on any atom is -0.493 e. The molecule has 21 heavy (non-hydrogen) atoms. The number of fused-ring (bicyclic) bond motifs is 1. The molecule has 0 amide bonds. The zero-order chi connectivity index (χ0) is 14.8. The number of hydrogen-bond donors (Lipinski definition) is 1. The van der Waals surface area contributed by atoms with Gasteiger partial charge < -0.3 is 10.1 Å². The summed E-state index contributed by atoms with van der Waals surface area (Å²) in [6.45, 7) is 7.37. The lowest BCUT2D eigenvalue weighted by atomic mass is 9.90. The third-order valence-electron chi connectivity index (χ3n) is 4.33. The molecule has 0 aliphatic carbocycles. The van der Waals surface area contributed by atoms with E-state index >= 15 is 0 Å². The summed E-state index contributed by atoms with van der Waals surface area (Å²) in [6.07, 6.45) is 0. The molecule has 0 fully saturated rings. The van der Waals surface area contributed by atoms with Crippen molar-refractivity contribution in [2.45, 2.75) is 32.9 Å². The Morgan fingerprint density at radius 1 is 1.10 bits per heavy atom. The van der Waals surface area contributed by atoms with Crippen LogP contribution in [-0.4, -0.2) is 6.61 Å². The molecule has 3 rings (SSSR count). The average Bonchev–Trinajstić information content (AvgIpc) is 2.51. The third-order valence-corrected chi connectivity index (χ3v) is 4.33. The van der Waals surface area contributed by atoms with Gasteiger partial charge in [0.1, 0.15) is 5.75 Å². The molecule has 0 spiro atoms. The Kier molecular flexibility index (Phi) is 3.98. The van der Waals surface area contributed by atoms with Crippen LogP contribution in [-0.2, 0) is 0 Å². The molecule has 2 nitrogen and oxygen atoms in total. The predicted molar refractivity (Wildman–Crippen MR) is 86.6 cm³/mol. The lowest BCUT2D eigenvalue weighted by Crippen LogP contribution is -2.35. The second-order valence-corrected chi connectivity index (χ2v) is 6.10. The molecule has 2 heteroatoms. The maximum absolute atomic E-state index is 5.83. The molecule has 0 saturated heterocycles. The standard InChI is InChI=1S/C19H23NO/c1-13-8-10-16(11-9-13)15(3)20-19-14(2)12-21-18-7-5-4-6-17(18)19/h4-11,14-15,19-20H,12H2,1-3H3. The molecule has 1 aliphatic rings. The summed E-state index contributed by atoms with van der Waals surface area (Å²) in [7, 11) is 0. The predicted octanol–water partition coefficient (Wildman–Crippen LogP) is 4.42. The molecular formula is C19H23NO. The highest BCUT2D eigenvalue weighted by Gasteiger charge is 2.28. The molecule has 0 saturated carbocycles. The van der Waals surface area contributed by atoms with Gasteiger partial charge >= 0.3 is 0 Å². The van der Waals surface area contributed by atoms with Crippen molar-refractivity contribution in [3.05, 3.63) is 65.2 Å². The van der Waals surface area contributed by atoms with Gasteiger partial charge in [-0.2, -0.15) is 0 Å². The zero-order valence-corrected chi connectivity index (χ0v) is 13.0. The number of ether oxygens (including phenoxy) is 1. The minimum atomic E-state index is 0.323. The highest BCUT2D eigenvalue weighted by Crippen LogP contribution is 2.36. The molecule has 3 unspecified atom stereocenters. The fourth-order valence-electron chi connectivity index (χ4n) is 2.97. The van der Waals surface area contributed by atoms with Crippen molar-refractivity contribution >= 4 is 0 Å². The Balaban J connectivity index is 1.82. The van der Waals surface area contributed by atoms with Gasteiger partial charge in [-0.1, -0.05) is 55.0 Å². The first-order chi connectivity index (χ1) is 10.1. The lowest BCUT2D eigenvalue weighted by Gasteiger charge is -2.34. The molecule has 1 heterocycles. The fourth-order valence-corrected chi connectivity index (χ4v) is 2.97. The highest BCUT2D eigenvalue weighted by molar-refractivity contribution is 5.38. The summed E-state index contributed by atoms with van der Waals surface area (Å²) in [5.74, 6) is 1.48. The van der Waals surface area contributed by atoms with Gasteiger partial charge in [0, 0.05) is 23.6 Å². The first kappa shape index (κ1) is 14.2. The topological polar surface area (TPSA) is 21.3 Å². The smallest absolute Gasteiger partial charge is 0.124 e. The van der Waals surface area contributed by atoms with Crippen LogP contribution >= 0.6 is 0 Å². The van der Waals surface area contributed by atoms with Gasteiger partial charge in [-0.25, -0.2) is 0 Å². The van der Waals surface area contributed by atoms with E-state index < -0.39 is 0 Å². The molecule has 0 radical (unpaired) electrons. The number of aryl methyl sites for hydroxylation is 1. The van der Waals surface area contributed by atoms with Crippen molar-refractivity contribution in [2.24, 2.45) is 5.92 Å². The summed E-state index contributed by atoms with van der Waals surface area (Å²) in [5, 5.41) is 3.78. The SMILES string of the molecule is Cc1ccc(C(C)NC2c3ccccc3OCC2C)cc1. The van der Waals surface area contributed by atoms with E-state index in [1.807, 2.05) is 6.07 Å². The second-order valence-electron chi connectivity index (χ2n) is 6.10. The quantitative estimate of drug-likeness (QED) is 0.899. The molecule has 1 N–H and O–H groups in total. The number of para-hydroxylation sites is 1. The summed E-state index contributed by atoms with van der Waals surface area (Å²) in [5.41, 5.74) is 3.91. The number of nitrogens with one attached hydrogen (secondary N) is 1. The fraction of sp³-hybridized carbons (Fsp3) is 0.368. The highest BCUT2D eigenvalue weighted by atomic mass is 16.5. The maximum Gasteiger partial charge on any atom is 0.124 e. The van der Waals surface area contributed by atoms with Crippen LogP contribution in [0.1, 0.15) is 42.6 Å². The van der Waals surface area contributed by atoms with E-state index in [0.717, 1.165) is 12.4 Å². The Morgan fingerprint density at radius 2 is 1.81 bits per heavy atom. The number of benzene rings is 2. The molecule has 0 aromatic heterocycles. The molecule has 2 aromatic carbocycles. The Hall–Kier alpha value is -1.80. The van der Waals surface area contributed by atoms with E-state index in [9.17, 15) is 0 Å². The van der Waals surface area contributed by atoms with Crippen LogP contribution in [0.25, 0.3) is 0 Å². The van der Waals surface area contributed by atoms with Gasteiger partial charge in [0.05, 0.1) is 6.61 Å². The molecule has 0 bridgehead atoms. The summed E-state index contributed by atoms with van der Waals surface area (Å²) >= 11 is 0. The van der Waals surface area contributed by atoms with Gasteiger partial charge in [-0.05, 0) is 25.5 Å². The molecule has 2 aromatic rings. The van der Waals surface area contributed by atoms with Crippen LogP contribution in [0, 0.1) is 12.8 Å². The van der Waals surface area contributed by atoms with E-state index in [2.05, 4.69) is 68.6 Å². The molecule has 3 atom stereocenters. The summed E-state index contributed by atoms with van der Waals surface area (Å²) in [6, 6.07) is 17.8. The average molecular weight is 281 g/mol. The number of hydrogen-bond acceptors (Lipinski definition) is 2. The summed E-state index contributed by atoms with van der Waals surface area (Å²) in [4.78, 5) is 0. The van der Waals surface area contributed by atoms with Crippen LogP contribution in [0.2, 0.25) is 0 Å². The monoisotopic (exact) mass is 281 g/mol. The normalized spacial score (nSPS) is 22.2. The van der Waals surface area contributed by atoms with Crippen LogP contribution in [0.3, 0.4) is 0 Å². The lowest BCUT2D eigenvalue weighted by molar-refractivity contribution is 0.182. The van der Waals surface area contributed by atoms with Crippen molar-refractivity contribution < 1.29 is 4.74 Å². The molecule has 110 valence electrons. The largest absolute Gasteiger partial charge is 0.493 e. The van der Waals surface area contributed by atoms with E-state index in [0.29, 0.717) is 18.0 Å². The summed E-state index contributed by atoms with van der Waals surface area (Å²) < 4.78 is 5.83. The van der Waals surface area contributed by atoms with E-state index in [-0.39, 0.29) is 0 Å². The second kappa shape index (κ2) is 5.90. The Bertz CT molecular complexity index is 605. The van der Waals surface area contributed by atoms with Gasteiger partial charge in [-0.3, -0.25) is 0 Å². The van der Waals surface area contributed by atoms with Crippen molar-refractivity contribution in [1.82, 2.24) is 5.32 Å². The van der Waals surface area contributed by atoms with Crippen LogP contribution < -0.4 is 10.1 Å². The van der Waals surface area contributed by atoms with Crippen LogP contribution in [0.4, 0.5) is 0 Å². The molecule has 1 aliphatic heterocycles. The van der Waals surface area contributed by atoms with Crippen molar-refractivity contribution in [3.8, 4) is 5.75 Å². The van der Waals surface area contributed by atoms with Gasteiger partial charge in [0.25, 0.3) is 0 Å². The van der Waals surface area contributed by atoms with E-state index in [1.165, 1.54) is 16.7 Å². The van der Waals surface area contributed by atoms with Gasteiger partial charge in [-0.15, -0.1) is 0 Å².